The van der Waals surface area contributed by atoms with Crippen molar-refractivity contribution >= 4 is 0 Å². The molecule has 0 radical (unpaired) electrons. The second-order valence-corrected chi connectivity index (χ2v) is 4.57. The minimum Gasteiger partial charge on any atom is -0.303 e. The maximum Gasteiger partial charge on any atom is 0.123 e. The molecule has 0 aromatic heterocycles. The SMILES string of the molecule is CC1CCN(CCc2ccc(F)cc2)C1. The summed E-state index contributed by atoms with van der Waals surface area (Å²) >= 11 is 0. The number of nitrogens with zero attached hydrogens (tertiary/aromatic N) is 1. The van der Waals surface area contributed by atoms with Crippen molar-refractivity contribution in [2.75, 3.05) is 19.6 Å². The van der Waals surface area contributed by atoms with Gasteiger partial charge in [-0.05, 0) is 43.0 Å². The molecule has 1 heterocycles. The Balaban J connectivity index is 1.80. The van der Waals surface area contributed by atoms with Crippen molar-refractivity contribution in [2.24, 2.45) is 5.92 Å². The normalized spacial score (nSPS) is 22.1. The molecule has 1 saturated heterocycles. The standard InChI is InChI=1S/C13H18FN/c1-11-6-8-15(10-11)9-7-12-2-4-13(14)5-3-12/h2-5,11H,6-10H2,1H3. The summed E-state index contributed by atoms with van der Waals surface area (Å²) < 4.78 is 12.7. The first-order valence-corrected chi connectivity index (χ1v) is 5.71. The lowest BCUT2D eigenvalue weighted by atomic mass is 10.1. The summed E-state index contributed by atoms with van der Waals surface area (Å²) in [5.41, 5.74) is 1.23. The minimum atomic E-state index is -0.145. The Morgan fingerprint density at radius 2 is 2.07 bits per heavy atom. The average Bonchev–Trinajstić information content (AvgIpc) is 2.64. The lowest BCUT2D eigenvalue weighted by Gasteiger charge is -2.14. The topological polar surface area (TPSA) is 3.24 Å². The molecule has 1 nitrogen and oxygen atoms in total. The van der Waals surface area contributed by atoms with Gasteiger partial charge in [0.25, 0.3) is 0 Å². The Hall–Kier alpha value is -0.890. The van der Waals surface area contributed by atoms with E-state index in [0.29, 0.717) is 0 Å². The molecule has 1 unspecified atom stereocenters. The van der Waals surface area contributed by atoms with Crippen molar-refractivity contribution in [1.82, 2.24) is 4.90 Å². The predicted octanol–water partition coefficient (Wildman–Crippen LogP) is 2.71. The van der Waals surface area contributed by atoms with Crippen LogP contribution >= 0.6 is 0 Å². The highest BCUT2D eigenvalue weighted by molar-refractivity contribution is 5.16. The number of benzene rings is 1. The second-order valence-electron chi connectivity index (χ2n) is 4.57. The molecule has 0 spiro atoms. The van der Waals surface area contributed by atoms with E-state index in [9.17, 15) is 4.39 Å². The van der Waals surface area contributed by atoms with Gasteiger partial charge in [0, 0.05) is 13.1 Å². The van der Waals surface area contributed by atoms with Gasteiger partial charge in [0.05, 0.1) is 0 Å². The van der Waals surface area contributed by atoms with Crippen molar-refractivity contribution in [3.05, 3.63) is 35.6 Å². The van der Waals surface area contributed by atoms with Crippen molar-refractivity contribution in [3.63, 3.8) is 0 Å². The number of halogens is 1. The summed E-state index contributed by atoms with van der Waals surface area (Å²) in [4.78, 5) is 2.49. The lowest BCUT2D eigenvalue weighted by Crippen LogP contribution is -2.22. The number of hydrogen-bond donors (Lipinski definition) is 0. The zero-order valence-corrected chi connectivity index (χ0v) is 9.25. The molecule has 1 fully saturated rings. The van der Waals surface area contributed by atoms with Gasteiger partial charge in [-0.2, -0.15) is 0 Å². The van der Waals surface area contributed by atoms with Gasteiger partial charge in [0.15, 0.2) is 0 Å². The third-order valence-corrected chi connectivity index (χ3v) is 3.14. The van der Waals surface area contributed by atoms with Crippen LogP contribution in [0, 0.1) is 11.7 Å². The van der Waals surface area contributed by atoms with Gasteiger partial charge in [0.2, 0.25) is 0 Å². The molecule has 1 aliphatic heterocycles. The zero-order valence-electron chi connectivity index (χ0n) is 9.25. The Morgan fingerprint density at radius 1 is 1.33 bits per heavy atom. The number of hydrogen-bond acceptors (Lipinski definition) is 1. The van der Waals surface area contributed by atoms with Crippen molar-refractivity contribution in [2.45, 2.75) is 19.8 Å². The Kier molecular flexibility index (Phi) is 3.37. The largest absolute Gasteiger partial charge is 0.303 e. The molecule has 0 saturated carbocycles. The molecular formula is C13H18FN. The van der Waals surface area contributed by atoms with E-state index in [-0.39, 0.29) is 5.82 Å². The molecule has 1 aromatic rings. The Labute approximate surface area is 90.9 Å². The number of likely N-dealkylation sites (tertiary alicyclic amines) is 1. The third-order valence-electron chi connectivity index (χ3n) is 3.14. The van der Waals surface area contributed by atoms with Crippen molar-refractivity contribution in [1.29, 1.82) is 0 Å². The van der Waals surface area contributed by atoms with Crippen LogP contribution in [0.4, 0.5) is 4.39 Å². The molecule has 2 heteroatoms. The lowest BCUT2D eigenvalue weighted by molar-refractivity contribution is 0.332. The monoisotopic (exact) mass is 207 g/mol. The van der Waals surface area contributed by atoms with Gasteiger partial charge in [-0.3, -0.25) is 0 Å². The fourth-order valence-corrected chi connectivity index (χ4v) is 2.17. The summed E-state index contributed by atoms with van der Waals surface area (Å²) in [6, 6.07) is 6.85. The molecule has 0 aliphatic carbocycles. The van der Waals surface area contributed by atoms with E-state index in [1.165, 1.54) is 25.1 Å². The summed E-state index contributed by atoms with van der Waals surface area (Å²) in [5, 5.41) is 0. The molecule has 1 aromatic carbocycles. The molecule has 2 rings (SSSR count). The van der Waals surface area contributed by atoms with Gasteiger partial charge in [-0.1, -0.05) is 19.1 Å². The summed E-state index contributed by atoms with van der Waals surface area (Å²) in [6.07, 6.45) is 2.36. The first-order chi connectivity index (χ1) is 7.24. The van der Waals surface area contributed by atoms with E-state index in [1.54, 1.807) is 12.1 Å². The predicted molar refractivity (Wildman–Crippen MR) is 60.3 cm³/mol. The fourth-order valence-electron chi connectivity index (χ4n) is 2.17. The van der Waals surface area contributed by atoms with Gasteiger partial charge in [-0.25, -0.2) is 4.39 Å². The smallest absolute Gasteiger partial charge is 0.123 e. The molecular weight excluding hydrogens is 189 g/mol. The van der Waals surface area contributed by atoms with Gasteiger partial charge < -0.3 is 4.90 Å². The van der Waals surface area contributed by atoms with Crippen LogP contribution in [0.5, 0.6) is 0 Å². The van der Waals surface area contributed by atoms with Crippen LogP contribution in [0.15, 0.2) is 24.3 Å². The third kappa shape index (κ3) is 3.03. The minimum absolute atomic E-state index is 0.145. The molecule has 15 heavy (non-hydrogen) atoms. The molecule has 0 amide bonds. The first kappa shape index (κ1) is 10.6. The summed E-state index contributed by atoms with van der Waals surface area (Å²) in [7, 11) is 0. The van der Waals surface area contributed by atoms with E-state index < -0.39 is 0 Å². The maximum absolute atomic E-state index is 12.7. The van der Waals surface area contributed by atoms with Crippen molar-refractivity contribution < 1.29 is 4.39 Å². The molecule has 82 valence electrons. The van der Waals surface area contributed by atoms with E-state index >= 15 is 0 Å². The zero-order chi connectivity index (χ0) is 10.7. The highest BCUT2D eigenvalue weighted by Crippen LogP contribution is 2.15. The van der Waals surface area contributed by atoms with Crippen LogP contribution in [0.25, 0.3) is 0 Å². The molecule has 1 atom stereocenters. The highest BCUT2D eigenvalue weighted by Gasteiger charge is 2.17. The van der Waals surface area contributed by atoms with Crippen LogP contribution in [0.2, 0.25) is 0 Å². The van der Waals surface area contributed by atoms with Crippen LogP contribution < -0.4 is 0 Å². The molecule has 0 bridgehead atoms. The van der Waals surface area contributed by atoms with E-state index in [4.69, 9.17) is 0 Å². The van der Waals surface area contributed by atoms with Gasteiger partial charge in [-0.15, -0.1) is 0 Å². The Morgan fingerprint density at radius 3 is 2.67 bits per heavy atom. The van der Waals surface area contributed by atoms with Crippen LogP contribution in [-0.2, 0) is 6.42 Å². The quantitative estimate of drug-likeness (QED) is 0.736. The number of rotatable bonds is 3. The van der Waals surface area contributed by atoms with Gasteiger partial charge >= 0.3 is 0 Å². The van der Waals surface area contributed by atoms with Crippen LogP contribution in [0.1, 0.15) is 18.9 Å². The fraction of sp³-hybridized carbons (Fsp3) is 0.538. The first-order valence-electron chi connectivity index (χ1n) is 5.71. The van der Waals surface area contributed by atoms with Crippen LogP contribution in [0.3, 0.4) is 0 Å². The Bertz CT molecular complexity index is 307. The summed E-state index contributed by atoms with van der Waals surface area (Å²) in [6.45, 7) is 5.86. The second kappa shape index (κ2) is 4.75. The maximum atomic E-state index is 12.7. The van der Waals surface area contributed by atoms with E-state index in [2.05, 4.69) is 11.8 Å². The average molecular weight is 207 g/mol. The van der Waals surface area contributed by atoms with Gasteiger partial charge in [0.1, 0.15) is 5.82 Å². The highest BCUT2D eigenvalue weighted by atomic mass is 19.1. The summed E-state index contributed by atoms with van der Waals surface area (Å²) in [5.74, 6) is 0.701. The van der Waals surface area contributed by atoms with Crippen LogP contribution in [-0.4, -0.2) is 24.5 Å². The van der Waals surface area contributed by atoms with E-state index in [1.807, 2.05) is 12.1 Å². The molecule has 0 N–H and O–H groups in total. The van der Waals surface area contributed by atoms with Crippen molar-refractivity contribution in [3.8, 4) is 0 Å². The molecule has 1 aliphatic rings. The van der Waals surface area contributed by atoms with E-state index in [0.717, 1.165) is 18.9 Å².